The van der Waals surface area contributed by atoms with Gasteiger partial charge in [-0.1, -0.05) is 12.1 Å². The van der Waals surface area contributed by atoms with Crippen molar-refractivity contribution in [2.24, 2.45) is 0 Å². The molecule has 3 aromatic heterocycles. The fourth-order valence-electron chi connectivity index (χ4n) is 3.98. The summed E-state index contributed by atoms with van der Waals surface area (Å²) >= 11 is 0. The van der Waals surface area contributed by atoms with Gasteiger partial charge >= 0.3 is 5.97 Å². The van der Waals surface area contributed by atoms with Gasteiger partial charge in [0, 0.05) is 42.0 Å². The summed E-state index contributed by atoms with van der Waals surface area (Å²) in [6.45, 7) is 2.02. The first-order chi connectivity index (χ1) is 15.9. The number of pyridine rings is 1. The summed E-state index contributed by atoms with van der Waals surface area (Å²) in [7, 11) is 1.22. The maximum absolute atomic E-state index is 13.5. The zero-order valence-electron chi connectivity index (χ0n) is 18.2. The fourth-order valence-corrected chi connectivity index (χ4v) is 3.98. The number of ether oxygens (including phenoxy) is 1. The lowest BCUT2D eigenvalue weighted by Crippen LogP contribution is -2.30. The number of aromatic amines is 1. The fraction of sp³-hybridized carbons (Fsp3) is 0.250. The number of aromatic hydroxyl groups is 1. The van der Waals surface area contributed by atoms with E-state index in [4.69, 9.17) is 9.15 Å². The minimum Gasteiger partial charge on any atom is -0.507 e. The second kappa shape index (κ2) is 9.15. The number of H-pyrrole nitrogens is 1. The number of hydrogen-bond donors (Lipinski definition) is 2. The molecule has 9 nitrogen and oxygen atoms in total. The minimum atomic E-state index is -1.05. The van der Waals surface area contributed by atoms with Gasteiger partial charge in [0.05, 0.1) is 37.1 Å². The van der Waals surface area contributed by atoms with E-state index in [0.717, 1.165) is 5.69 Å². The molecule has 1 aromatic carbocycles. The molecule has 0 saturated carbocycles. The Balaban J connectivity index is 1.87. The number of aryl methyl sites for hydroxylation is 2. The van der Waals surface area contributed by atoms with Crippen LogP contribution in [0.5, 0.6) is 5.75 Å². The van der Waals surface area contributed by atoms with Crippen LogP contribution in [0, 0.1) is 6.92 Å². The number of aromatic nitrogens is 3. The van der Waals surface area contributed by atoms with E-state index < -0.39 is 17.4 Å². The molecule has 0 spiro atoms. The van der Waals surface area contributed by atoms with E-state index in [1.807, 2.05) is 0 Å². The molecular weight excluding hydrogens is 426 g/mol. The molecule has 0 amide bonds. The second-order valence-electron chi connectivity index (χ2n) is 7.72. The highest BCUT2D eigenvalue weighted by Crippen LogP contribution is 2.32. The zero-order valence-corrected chi connectivity index (χ0v) is 18.2. The largest absolute Gasteiger partial charge is 0.507 e. The first-order valence-electron chi connectivity index (χ1n) is 10.4. The van der Waals surface area contributed by atoms with Gasteiger partial charge in [0.25, 0.3) is 5.56 Å². The topological polar surface area (TPSA) is 127 Å². The molecule has 1 atom stereocenters. The molecular formula is C24H23N3O6. The van der Waals surface area contributed by atoms with E-state index in [9.17, 15) is 19.5 Å². The van der Waals surface area contributed by atoms with Gasteiger partial charge in [-0.15, -0.1) is 0 Å². The van der Waals surface area contributed by atoms with Crippen molar-refractivity contribution < 1.29 is 19.1 Å². The van der Waals surface area contributed by atoms with E-state index in [1.165, 1.54) is 24.0 Å². The Labute approximate surface area is 188 Å². The summed E-state index contributed by atoms with van der Waals surface area (Å²) in [6.07, 6.45) is 4.66. The van der Waals surface area contributed by atoms with Crippen molar-refractivity contribution in [2.45, 2.75) is 32.2 Å². The minimum absolute atomic E-state index is 0.0572. The Morgan fingerprint density at radius 3 is 2.82 bits per heavy atom. The van der Waals surface area contributed by atoms with E-state index >= 15 is 0 Å². The SMILES string of the molecule is COC(=O)C[C@@H](c1coc2ccccc2c1=O)c1c(O)cc(C)n(CCc2cnc[nH]2)c1=O. The average molecular weight is 449 g/mol. The van der Waals surface area contributed by atoms with Crippen LogP contribution in [0.15, 0.2) is 63.1 Å². The van der Waals surface area contributed by atoms with Crippen molar-refractivity contribution in [3.05, 3.63) is 92.2 Å². The average Bonchev–Trinajstić information content (AvgIpc) is 3.32. The van der Waals surface area contributed by atoms with Crippen LogP contribution in [0.1, 0.15) is 34.9 Å². The predicted molar refractivity (Wildman–Crippen MR) is 120 cm³/mol. The normalized spacial score (nSPS) is 12.1. The number of rotatable bonds is 7. The highest BCUT2D eigenvalue weighted by molar-refractivity contribution is 5.77. The maximum atomic E-state index is 13.5. The van der Waals surface area contributed by atoms with E-state index in [-0.39, 0.29) is 28.7 Å². The van der Waals surface area contributed by atoms with E-state index in [2.05, 4.69) is 9.97 Å². The number of para-hydroxylation sites is 1. The Kier molecular flexibility index (Phi) is 6.12. The highest BCUT2D eigenvalue weighted by Gasteiger charge is 2.29. The summed E-state index contributed by atoms with van der Waals surface area (Å²) in [5.41, 5.74) is 0.935. The first-order valence-corrected chi connectivity index (χ1v) is 10.4. The smallest absolute Gasteiger partial charge is 0.306 e. The number of hydrogen-bond acceptors (Lipinski definition) is 7. The zero-order chi connectivity index (χ0) is 23.5. The number of nitrogens with one attached hydrogen (secondary N) is 1. The van der Waals surface area contributed by atoms with Gasteiger partial charge in [0.2, 0.25) is 0 Å². The van der Waals surface area contributed by atoms with Crippen LogP contribution < -0.4 is 11.0 Å². The molecule has 0 aliphatic rings. The van der Waals surface area contributed by atoms with Crippen molar-refractivity contribution >= 4 is 16.9 Å². The van der Waals surface area contributed by atoms with Crippen molar-refractivity contribution in [1.29, 1.82) is 0 Å². The molecule has 170 valence electrons. The van der Waals surface area contributed by atoms with Gasteiger partial charge in [-0.25, -0.2) is 4.98 Å². The van der Waals surface area contributed by atoms with Crippen LogP contribution in [0.3, 0.4) is 0 Å². The van der Waals surface area contributed by atoms with Crippen LogP contribution in [-0.2, 0) is 22.5 Å². The number of carbonyl (C=O) groups is 1. The molecule has 0 bridgehead atoms. The van der Waals surface area contributed by atoms with Crippen molar-refractivity contribution in [2.75, 3.05) is 7.11 Å². The summed E-state index contributed by atoms with van der Waals surface area (Å²) < 4.78 is 11.9. The lowest BCUT2D eigenvalue weighted by Gasteiger charge is -2.20. The van der Waals surface area contributed by atoms with Crippen molar-refractivity contribution in [1.82, 2.24) is 14.5 Å². The van der Waals surface area contributed by atoms with Gasteiger partial charge in [-0.05, 0) is 25.1 Å². The second-order valence-corrected chi connectivity index (χ2v) is 7.72. The molecule has 2 N–H and O–H groups in total. The predicted octanol–water partition coefficient (Wildman–Crippen LogP) is 2.63. The summed E-state index contributed by atoms with van der Waals surface area (Å²) in [4.78, 5) is 46.0. The third-order valence-corrected chi connectivity index (χ3v) is 5.71. The van der Waals surface area contributed by atoms with Crippen LogP contribution in [-0.4, -0.2) is 32.7 Å². The van der Waals surface area contributed by atoms with Gasteiger partial charge in [0.1, 0.15) is 11.3 Å². The van der Waals surface area contributed by atoms with Gasteiger partial charge < -0.3 is 23.8 Å². The maximum Gasteiger partial charge on any atom is 0.306 e. The monoisotopic (exact) mass is 449 g/mol. The van der Waals surface area contributed by atoms with E-state index in [1.54, 1.807) is 43.7 Å². The quantitative estimate of drug-likeness (QED) is 0.415. The Hall–Kier alpha value is -4.14. The van der Waals surface area contributed by atoms with E-state index in [0.29, 0.717) is 29.6 Å². The molecule has 4 aromatic rings. The molecule has 3 heterocycles. The molecule has 4 rings (SSSR count). The summed E-state index contributed by atoms with van der Waals surface area (Å²) in [5.74, 6) is -1.97. The third-order valence-electron chi connectivity index (χ3n) is 5.71. The molecule has 0 aliphatic heterocycles. The van der Waals surface area contributed by atoms with Crippen LogP contribution in [0.25, 0.3) is 11.0 Å². The molecule has 0 fully saturated rings. The van der Waals surface area contributed by atoms with Gasteiger partial charge in [-0.3, -0.25) is 14.4 Å². The third kappa shape index (κ3) is 4.30. The molecule has 0 saturated heterocycles. The van der Waals surface area contributed by atoms with Crippen molar-refractivity contribution in [3.8, 4) is 5.75 Å². The van der Waals surface area contributed by atoms with Crippen LogP contribution in [0.2, 0.25) is 0 Å². The van der Waals surface area contributed by atoms with Crippen LogP contribution in [0.4, 0.5) is 0 Å². The Bertz CT molecular complexity index is 1420. The first kappa shape index (κ1) is 22.1. The van der Waals surface area contributed by atoms with Crippen molar-refractivity contribution in [3.63, 3.8) is 0 Å². The Morgan fingerprint density at radius 1 is 1.30 bits per heavy atom. The number of benzene rings is 1. The number of methoxy groups -OCH3 is 1. The number of fused-ring (bicyclic) bond motifs is 1. The number of nitrogens with zero attached hydrogens (tertiary/aromatic N) is 2. The molecule has 0 aliphatic carbocycles. The standard InChI is InChI=1S/C24H23N3O6/c1-14-9-19(28)22(24(31)27(14)8-7-15-11-25-13-26-15)17(10-21(29)32-2)18-12-33-20-6-4-3-5-16(20)23(18)30/h3-6,9,11-13,17,28H,7-8,10H2,1-2H3,(H,25,26)/t17-/m0/s1. The lowest BCUT2D eigenvalue weighted by atomic mass is 9.88. The number of imidazole rings is 1. The molecule has 9 heteroatoms. The lowest BCUT2D eigenvalue weighted by molar-refractivity contribution is -0.140. The van der Waals surface area contributed by atoms with Crippen LogP contribution >= 0.6 is 0 Å². The number of carbonyl (C=O) groups excluding carboxylic acids is 1. The molecule has 0 radical (unpaired) electrons. The summed E-state index contributed by atoms with van der Waals surface area (Å²) in [6, 6.07) is 8.15. The number of esters is 1. The van der Waals surface area contributed by atoms with Gasteiger partial charge in [-0.2, -0.15) is 0 Å². The molecule has 33 heavy (non-hydrogen) atoms. The highest BCUT2D eigenvalue weighted by atomic mass is 16.5. The van der Waals surface area contributed by atoms with Gasteiger partial charge in [0.15, 0.2) is 5.43 Å². The Morgan fingerprint density at radius 2 is 2.09 bits per heavy atom. The summed E-state index contributed by atoms with van der Waals surface area (Å²) in [5, 5.41) is 11.1. The molecule has 0 unspecified atom stereocenters.